The standard InChI is InChI=1S/C26H26F2N2O6/c1-3-35-24(33)18-12-30(15(2)13-31)22-17(23(18)32)11-19(27)20(21(22)28)26(9-10-26)29-25(34)36-14-16-7-5-4-6-8-16/h4-8,11-12,15,31H,3,9-10,13-14H2,1-2H3,(H,29,34). The van der Waals surface area contributed by atoms with Crippen molar-refractivity contribution in [3.05, 3.63) is 81.1 Å². The van der Waals surface area contributed by atoms with Crippen molar-refractivity contribution in [1.29, 1.82) is 0 Å². The Kier molecular flexibility index (Phi) is 7.07. The molecule has 0 spiro atoms. The van der Waals surface area contributed by atoms with E-state index in [9.17, 15) is 19.5 Å². The maximum absolute atomic E-state index is 16.0. The van der Waals surface area contributed by atoms with Gasteiger partial charge in [0, 0.05) is 6.20 Å². The van der Waals surface area contributed by atoms with Crippen LogP contribution in [0.3, 0.4) is 0 Å². The number of carbonyl (C=O) groups is 2. The molecule has 36 heavy (non-hydrogen) atoms. The molecule has 190 valence electrons. The summed E-state index contributed by atoms with van der Waals surface area (Å²) in [4.78, 5) is 37.8. The first kappa shape index (κ1) is 25.3. The fourth-order valence-corrected chi connectivity index (χ4v) is 4.19. The number of alkyl carbamates (subject to hydrolysis) is 1. The molecule has 0 aliphatic heterocycles. The average Bonchev–Trinajstić information content (AvgIpc) is 3.63. The second-order valence-corrected chi connectivity index (χ2v) is 8.74. The van der Waals surface area contributed by atoms with Crippen LogP contribution in [0.25, 0.3) is 10.9 Å². The monoisotopic (exact) mass is 500 g/mol. The number of amides is 1. The molecule has 4 rings (SSSR count). The molecule has 2 N–H and O–H groups in total. The second kappa shape index (κ2) is 10.1. The number of hydrogen-bond acceptors (Lipinski definition) is 6. The lowest BCUT2D eigenvalue weighted by Crippen LogP contribution is -2.37. The molecule has 2 aromatic carbocycles. The summed E-state index contributed by atoms with van der Waals surface area (Å²) in [5.41, 5.74) is -2.58. The Morgan fingerprint density at radius 2 is 1.89 bits per heavy atom. The van der Waals surface area contributed by atoms with Gasteiger partial charge in [-0.2, -0.15) is 0 Å². The number of rotatable bonds is 8. The van der Waals surface area contributed by atoms with Crippen LogP contribution in [-0.2, 0) is 21.6 Å². The maximum atomic E-state index is 16.0. The lowest BCUT2D eigenvalue weighted by molar-refractivity contribution is 0.0523. The number of halogens is 2. The highest BCUT2D eigenvalue weighted by molar-refractivity contribution is 5.94. The van der Waals surface area contributed by atoms with Crippen molar-refractivity contribution in [2.24, 2.45) is 0 Å². The molecular formula is C26H26F2N2O6. The molecule has 0 bridgehead atoms. The Bertz CT molecular complexity index is 1370. The summed E-state index contributed by atoms with van der Waals surface area (Å²) in [6.45, 7) is 2.65. The smallest absolute Gasteiger partial charge is 0.408 e. The molecule has 0 radical (unpaired) electrons. The first-order valence-corrected chi connectivity index (χ1v) is 11.6. The van der Waals surface area contributed by atoms with Crippen molar-refractivity contribution in [1.82, 2.24) is 9.88 Å². The molecule has 1 fully saturated rings. The van der Waals surface area contributed by atoms with Crippen LogP contribution < -0.4 is 10.7 Å². The van der Waals surface area contributed by atoms with Crippen LogP contribution in [0.2, 0.25) is 0 Å². The number of hydrogen-bond donors (Lipinski definition) is 2. The molecular weight excluding hydrogens is 474 g/mol. The van der Waals surface area contributed by atoms with Crippen molar-refractivity contribution in [2.45, 2.75) is 44.9 Å². The molecule has 1 unspecified atom stereocenters. The summed E-state index contributed by atoms with van der Waals surface area (Å²) in [6, 6.07) is 9.05. The van der Waals surface area contributed by atoms with Crippen LogP contribution in [0, 0.1) is 11.6 Å². The number of ether oxygens (including phenoxy) is 2. The van der Waals surface area contributed by atoms with Crippen LogP contribution in [0.1, 0.15) is 54.2 Å². The third-order valence-electron chi connectivity index (χ3n) is 6.23. The molecule has 3 aromatic rings. The van der Waals surface area contributed by atoms with Gasteiger partial charge < -0.3 is 24.5 Å². The fraction of sp³-hybridized carbons (Fsp3) is 0.346. The van der Waals surface area contributed by atoms with Crippen molar-refractivity contribution < 1.29 is 33.0 Å². The maximum Gasteiger partial charge on any atom is 0.408 e. The first-order chi connectivity index (χ1) is 17.2. The normalized spacial score (nSPS) is 14.8. The molecule has 1 amide bonds. The summed E-state index contributed by atoms with van der Waals surface area (Å²) < 4.78 is 42.7. The van der Waals surface area contributed by atoms with Gasteiger partial charge in [-0.15, -0.1) is 0 Å². The lowest BCUT2D eigenvalue weighted by atomic mass is 9.99. The minimum Gasteiger partial charge on any atom is -0.462 e. The number of aromatic nitrogens is 1. The van der Waals surface area contributed by atoms with Crippen molar-refractivity contribution >= 4 is 23.0 Å². The zero-order valence-corrected chi connectivity index (χ0v) is 19.8. The third kappa shape index (κ3) is 4.68. The van der Waals surface area contributed by atoms with E-state index in [0.29, 0.717) is 0 Å². The second-order valence-electron chi connectivity index (χ2n) is 8.74. The summed E-state index contributed by atoms with van der Waals surface area (Å²) in [5, 5.41) is 11.9. The van der Waals surface area contributed by atoms with Gasteiger partial charge in [-0.05, 0) is 38.3 Å². The van der Waals surface area contributed by atoms with Gasteiger partial charge in [0.15, 0.2) is 5.82 Å². The Morgan fingerprint density at radius 1 is 1.19 bits per heavy atom. The van der Waals surface area contributed by atoms with Gasteiger partial charge in [-0.25, -0.2) is 18.4 Å². The van der Waals surface area contributed by atoms with E-state index in [1.807, 2.05) is 6.07 Å². The molecule has 1 saturated carbocycles. The molecule has 1 aliphatic carbocycles. The predicted octanol–water partition coefficient (Wildman–Crippen LogP) is 3.93. The minimum absolute atomic E-state index is 0.00207. The summed E-state index contributed by atoms with van der Waals surface area (Å²) in [6.07, 6.45) is 0.783. The zero-order chi connectivity index (χ0) is 26.0. The largest absolute Gasteiger partial charge is 0.462 e. The molecule has 1 atom stereocenters. The number of carbonyl (C=O) groups excluding carboxylic acids is 2. The van der Waals surface area contributed by atoms with E-state index >= 15 is 8.78 Å². The van der Waals surface area contributed by atoms with Gasteiger partial charge in [0.05, 0.1) is 41.3 Å². The number of esters is 1. The van der Waals surface area contributed by atoms with E-state index in [4.69, 9.17) is 9.47 Å². The lowest BCUT2D eigenvalue weighted by Gasteiger charge is -2.23. The number of aliphatic hydroxyl groups excluding tert-OH is 1. The highest BCUT2D eigenvalue weighted by Gasteiger charge is 2.50. The topological polar surface area (TPSA) is 107 Å². The molecule has 1 heterocycles. The number of nitrogens with one attached hydrogen (secondary N) is 1. The van der Waals surface area contributed by atoms with Gasteiger partial charge in [-0.3, -0.25) is 4.79 Å². The fourth-order valence-electron chi connectivity index (χ4n) is 4.19. The van der Waals surface area contributed by atoms with E-state index in [-0.39, 0.29) is 37.0 Å². The van der Waals surface area contributed by atoms with E-state index in [1.54, 1.807) is 38.1 Å². The van der Waals surface area contributed by atoms with Crippen LogP contribution in [-0.4, -0.2) is 34.9 Å². The van der Waals surface area contributed by atoms with Gasteiger partial charge in [0.1, 0.15) is 18.0 Å². The van der Waals surface area contributed by atoms with Gasteiger partial charge in [-0.1, -0.05) is 30.3 Å². The molecule has 0 saturated heterocycles. The van der Waals surface area contributed by atoms with E-state index in [0.717, 1.165) is 17.8 Å². The number of benzene rings is 2. The van der Waals surface area contributed by atoms with Gasteiger partial charge >= 0.3 is 12.1 Å². The number of aliphatic hydroxyl groups is 1. The van der Waals surface area contributed by atoms with Crippen LogP contribution in [0.15, 0.2) is 47.4 Å². The van der Waals surface area contributed by atoms with Crippen LogP contribution in [0.4, 0.5) is 13.6 Å². The number of nitrogens with zero attached hydrogens (tertiary/aromatic N) is 1. The minimum atomic E-state index is -1.35. The summed E-state index contributed by atoms with van der Waals surface area (Å²) >= 11 is 0. The Balaban J connectivity index is 1.76. The van der Waals surface area contributed by atoms with Crippen molar-refractivity contribution in [3.8, 4) is 0 Å². The SMILES string of the molecule is CCOC(=O)c1cn(C(C)CO)c2c(F)c(C3(NC(=O)OCc4ccccc4)CC3)c(F)cc2c1=O. The average molecular weight is 500 g/mol. The highest BCUT2D eigenvalue weighted by atomic mass is 19.1. The quantitative estimate of drug-likeness (QED) is 0.454. The van der Waals surface area contributed by atoms with E-state index in [2.05, 4.69) is 5.32 Å². The van der Waals surface area contributed by atoms with Gasteiger partial charge in [0.2, 0.25) is 5.43 Å². The predicted molar refractivity (Wildman–Crippen MR) is 127 cm³/mol. The summed E-state index contributed by atoms with van der Waals surface area (Å²) in [7, 11) is 0. The third-order valence-corrected chi connectivity index (χ3v) is 6.23. The summed E-state index contributed by atoms with van der Waals surface area (Å²) in [5.74, 6) is -3.03. The van der Waals surface area contributed by atoms with Crippen molar-refractivity contribution in [3.63, 3.8) is 0 Å². The first-order valence-electron chi connectivity index (χ1n) is 11.6. The van der Waals surface area contributed by atoms with Crippen LogP contribution in [0.5, 0.6) is 0 Å². The molecule has 1 aromatic heterocycles. The van der Waals surface area contributed by atoms with Crippen molar-refractivity contribution in [2.75, 3.05) is 13.2 Å². The molecule has 1 aliphatic rings. The van der Waals surface area contributed by atoms with Crippen LogP contribution >= 0.6 is 0 Å². The highest BCUT2D eigenvalue weighted by Crippen LogP contribution is 2.48. The number of fused-ring (bicyclic) bond motifs is 1. The zero-order valence-electron chi connectivity index (χ0n) is 19.8. The Labute approximate surface area is 205 Å². The van der Waals surface area contributed by atoms with Gasteiger partial charge in [0.25, 0.3) is 0 Å². The van der Waals surface area contributed by atoms with E-state index in [1.165, 1.54) is 4.57 Å². The molecule has 8 nitrogen and oxygen atoms in total. The van der Waals surface area contributed by atoms with E-state index < -0.39 is 58.4 Å². The Hall–Kier alpha value is -3.79. The molecule has 10 heteroatoms. The Morgan fingerprint density at radius 3 is 2.50 bits per heavy atom. The number of pyridine rings is 1.